The summed E-state index contributed by atoms with van der Waals surface area (Å²) in [7, 11) is 0. The van der Waals surface area contributed by atoms with Crippen LogP contribution in [0.4, 0.5) is 0 Å². The Hall–Kier alpha value is -0.910. The average Bonchev–Trinajstić information content (AvgIpc) is 2.80. The van der Waals surface area contributed by atoms with Crippen molar-refractivity contribution in [1.29, 1.82) is 0 Å². The van der Waals surface area contributed by atoms with E-state index in [1.165, 1.54) is 0 Å². The first-order valence-corrected chi connectivity index (χ1v) is 8.58. The minimum absolute atomic E-state index is 0.0754. The molecule has 5 heteroatoms. The van der Waals surface area contributed by atoms with Crippen molar-refractivity contribution < 1.29 is 4.74 Å². The van der Waals surface area contributed by atoms with Crippen LogP contribution in [-0.2, 0) is 13.2 Å². The van der Waals surface area contributed by atoms with E-state index in [-0.39, 0.29) is 5.54 Å². The Bertz CT molecular complexity index is 605. The lowest BCUT2D eigenvalue weighted by molar-refractivity contribution is 0.299. The van der Waals surface area contributed by atoms with Gasteiger partial charge in [0.05, 0.1) is 0 Å². The van der Waals surface area contributed by atoms with E-state index in [1.807, 2.05) is 24.4 Å². The number of thiazole rings is 1. The van der Waals surface area contributed by atoms with Crippen LogP contribution in [0.1, 0.15) is 37.0 Å². The molecule has 114 valence electrons. The maximum atomic E-state index is 5.94. The molecule has 1 N–H and O–H groups in total. The van der Waals surface area contributed by atoms with Gasteiger partial charge in [0.25, 0.3) is 0 Å². The fraction of sp³-hybridized carbons (Fsp3) is 0.438. The van der Waals surface area contributed by atoms with Gasteiger partial charge in [-0.3, -0.25) is 0 Å². The third-order valence-electron chi connectivity index (χ3n) is 2.85. The summed E-state index contributed by atoms with van der Waals surface area (Å²) in [5.74, 6) is 0.905. The molecule has 0 saturated carbocycles. The molecule has 0 amide bonds. The summed E-state index contributed by atoms with van der Waals surface area (Å²) in [4.78, 5) is 4.43. The zero-order valence-corrected chi connectivity index (χ0v) is 15.3. The van der Waals surface area contributed by atoms with Gasteiger partial charge in [0.1, 0.15) is 17.4 Å². The number of nitrogens with zero attached hydrogens (tertiary/aromatic N) is 1. The molecule has 0 spiro atoms. The zero-order valence-electron chi connectivity index (χ0n) is 12.9. The van der Waals surface area contributed by atoms with Crippen molar-refractivity contribution in [2.45, 2.75) is 46.4 Å². The van der Waals surface area contributed by atoms with Crippen molar-refractivity contribution in [3.8, 4) is 5.75 Å². The number of hydrogen-bond donors (Lipinski definition) is 1. The molecule has 1 heterocycles. The van der Waals surface area contributed by atoms with Crippen LogP contribution < -0.4 is 10.1 Å². The van der Waals surface area contributed by atoms with E-state index in [0.717, 1.165) is 33.0 Å². The quantitative estimate of drug-likeness (QED) is 0.831. The van der Waals surface area contributed by atoms with Gasteiger partial charge in [-0.2, -0.15) is 0 Å². The van der Waals surface area contributed by atoms with Gasteiger partial charge in [-0.1, -0.05) is 15.9 Å². The van der Waals surface area contributed by atoms with Crippen molar-refractivity contribution in [2.75, 3.05) is 0 Å². The molecule has 0 bridgehead atoms. The van der Waals surface area contributed by atoms with E-state index >= 15 is 0 Å². The highest BCUT2D eigenvalue weighted by Crippen LogP contribution is 2.25. The summed E-state index contributed by atoms with van der Waals surface area (Å²) in [5, 5.41) is 6.54. The summed E-state index contributed by atoms with van der Waals surface area (Å²) < 4.78 is 7.00. The Morgan fingerprint density at radius 3 is 2.71 bits per heavy atom. The molecule has 3 nitrogen and oxygen atoms in total. The molecule has 2 aromatic rings. The molecule has 2 rings (SSSR count). The van der Waals surface area contributed by atoms with Crippen LogP contribution in [-0.4, -0.2) is 10.5 Å². The number of nitrogens with one attached hydrogen (secondary N) is 1. The summed E-state index contributed by atoms with van der Waals surface area (Å²) >= 11 is 5.16. The van der Waals surface area contributed by atoms with Crippen LogP contribution in [0.15, 0.2) is 28.1 Å². The summed E-state index contributed by atoms with van der Waals surface area (Å²) in [6.45, 7) is 9.76. The second-order valence-corrected chi connectivity index (χ2v) is 7.89. The fourth-order valence-corrected chi connectivity index (χ4v) is 2.89. The van der Waals surface area contributed by atoms with Gasteiger partial charge < -0.3 is 10.1 Å². The second kappa shape index (κ2) is 6.90. The van der Waals surface area contributed by atoms with Gasteiger partial charge in [-0.05, 0) is 45.9 Å². The Balaban J connectivity index is 2.07. The number of benzene rings is 1. The number of aromatic nitrogens is 1. The largest absolute Gasteiger partial charge is 0.486 e. The lowest BCUT2D eigenvalue weighted by Gasteiger charge is -2.21. The maximum Gasteiger partial charge on any atom is 0.140 e. The van der Waals surface area contributed by atoms with Crippen LogP contribution in [0, 0.1) is 6.92 Å². The monoisotopic (exact) mass is 368 g/mol. The highest BCUT2D eigenvalue weighted by Gasteiger charge is 2.12. The van der Waals surface area contributed by atoms with E-state index in [2.05, 4.69) is 53.1 Å². The highest BCUT2D eigenvalue weighted by molar-refractivity contribution is 9.10. The van der Waals surface area contributed by atoms with Crippen molar-refractivity contribution in [2.24, 2.45) is 0 Å². The predicted octanol–water partition coefficient (Wildman–Crippen LogP) is 4.68. The van der Waals surface area contributed by atoms with Crippen LogP contribution in [0.25, 0.3) is 0 Å². The van der Waals surface area contributed by atoms with Crippen molar-refractivity contribution in [3.63, 3.8) is 0 Å². The minimum atomic E-state index is 0.0754. The third kappa shape index (κ3) is 5.41. The predicted molar refractivity (Wildman–Crippen MR) is 91.9 cm³/mol. The number of aryl methyl sites for hydroxylation is 1. The normalized spacial score (nSPS) is 11.7. The molecule has 21 heavy (non-hydrogen) atoms. The molecule has 1 aromatic heterocycles. The lowest BCUT2D eigenvalue weighted by atomic mass is 10.1. The molecule has 0 aliphatic carbocycles. The summed E-state index contributed by atoms with van der Waals surface area (Å²) in [5.41, 5.74) is 2.27. The van der Waals surface area contributed by atoms with Crippen LogP contribution in [0.5, 0.6) is 5.75 Å². The van der Waals surface area contributed by atoms with E-state index in [0.29, 0.717) is 6.61 Å². The first kappa shape index (κ1) is 16.5. The average molecular weight is 369 g/mol. The Kier molecular flexibility index (Phi) is 5.41. The minimum Gasteiger partial charge on any atom is -0.486 e. The maximum absolute atomic E-state index is 5.94. The van der Waals surface area contributed by atoms with E-state index in [1.54, 1.807) is 11.3 Å². The Labute approximate surface area is 138 Å². The standard InChI is InChI=1S/C16H21BrN2OS/c1-11-10-21-15(19-11)9-20-14-6-5-13(17)7-12(14)8-18-16(2,3)4/h5-7,10,18H,8-9H2,1-4H3. The third-order valence-corrected chi connectivity index (χ3v) is 4.28. The van der Waals surface area contributed by atoms with Gasteiger partial charge in [-0.25, -0.2) is 4.98 Å². The SMILES string of the molecule is Cc1csc(COc2ccc(Br)cc2CNC(C)(C)C)n1. The molecule has 0 atom stereocenters. The van der Waals surface area contributed by atoms with Gasteiger partial charge in [0.2, 0.25) is 0 Å². The van der Waals surface area contributed by atoms with Gasteiger partial charge in [0.15, 0.2) is 0 Å². The molecular formula is C16H21BrN2OS. The van der Waals surface area contributed by atoms with E-state index in [4.69, 9.17) is 4.74 Å². The molecule has 0 saturated heterocycles. The second-order valence-electron chi connectivity index (χ2n) is 6.03. The number of hydrogen-bond acceptors (Lipinski definition) is 4. The molecular weight excluding hydrogens is 348 g/mol. The summed E-state index contributed by atoms with van der Waals surface area (Å²) in [6.07, 6.45) is 0. The molecule has 0 aliphatic heterocycles. The number of halogens is 1. The highest BCUT2D eigenvalue weighted by atomic mass is 79.9. The first-order valence-electron chi connectivity index (χ1n) is 6.91. The van der Waals surface area contributed by atoms with Crippen molar-refractivity contribution in [3.05, 3.63) is 44.3 Å². The van der Waals surface area contributed by atoms with Crippen LogP contribution >= 0.6 is 27.3 Å². The Morgan fingerprint density at radius 1 is 1.33 bits per heavy atom. The first-order chi connectivity index (χ1) is 9.83. The van der Waals surface area contributed by atoms with Gasteiger partial charge in [-0.15, -0.1) is 11.3 Å². The van der Waals surface area contributed by atoms with E-state index < -0.39 is 0 Å². The van der Waals surface area contributed by atoms with E-state index in [9.17, 15) is 0 Å². The Morgan fingerprint density at radius 2 is 2.10 bits per heavy atom. The lowest BCUT2D eigenvalue weighted by Crippen LogP contribution is -2.35. The fourth-order valence-electron chi connectivity index (χ4n) is 1.80. The van der Waals surface area contributed by atoms with Crippen LogP contribution in [0.3, 0.4) is 0 Å². The number of ether oxygens (including phenoxy) is 1. The molecule has 0 fully saturated rings. The van der Waals surface area contributed by atoms with Crippen molar-refractivity contribution in [1.82, 2.24) is 10.3 Å². The topological polar surface area (TPSA) is 34.1 Å². The zero-order chi connectivity index (χ0) is 15.5. The molecule has 0 aliphatic rings. The number of rotatable bonds is 5. The van der Waals surface area contributed by atoms with Gasteiger partial charge in [0, 0.05) is 33.2 Å². The molecule has 0 unspecified atom stereocenters. The molecule has 1 aromatic carbocycles. The smallest absolute Gasteiger partial charge is 0.140 e. The van der Waals surface area contributed by atoms with Gasteiger partial charge >= 0.3 is 0 Å². The van der Waals surface area contributed by atoms with Crippen LogP contribution in [0.2, 0.25) is 0 Å². The summed E-state index contributed by atoms with van der Waals surface area (Å²) in [6, 6.07) is 6.11. The molecule has 0 radical (unpaired) electrons. The van der Waals surface area contributed by atoms with Crippen molar-refractivity contribution >= 4 is 27.3 Å².